The van der Waals surface area contributed by atoms with E-state index in [2.05, 4.69) is 52.7 Å². The SMILES string of the molecule is c1ccc2c(N3CCCNC4(CCCC4)C3)cccc2c1. The third-order valence-electron chi connectivity index (χ3n) is 5.27. The molecule has 2 nitrogen and oxygen atoms in total. The van der Waals surface area contributed by atoms with E-state index in [0.717, 1.165) is 0 Å². The first-order valence-corrected chi connectivity index (χ1v) is 8.34. The molecule has 2 aromatic rings. The molecule has 2 heteroatoms. The predicted octanol–water partition coefficient (Wildman–Crippen LogP) is 3.95. The van der Waals surface area contributed by atoms with Gasteiger partial charge in [-0.1, -0.05) is 49.2 Å². The van der Waals surface area contributed by atoms with Gasteiger partial charge in [-0.2, -0.15) is 0 Å². The van der Waals surface area contributed by atoms with Crippen molar-refractivity contribution in [1.29, 1.82) is 0 Å². The molecule has 0 bridgehead atoms. The monoisotopic (exact) mass is 280 g/mol. The number of fused-ring (bicyclic) bond motifs is 1. The Morgan fingerprint density at radius 2 is 1.71 bits per heavy atom. The van der Waals surface area contributed by atoms with Crippen molar-refractivity contribution in [3.63, 3.8) is 0 Å². The summed E-state index contributed by atoms with van der Waals surface area (Å²) in [4.78, 5) is 2.63. The van der Waals surface area contributed by atoms with Crippen molar-refractivity contribution in [2.45, 2.75) is 37.6 Å². The minimum atomic E-state index is 0.368. The molecule has 0 amide bonds. The number of benzene rings is 2. The maximum Gasteiger partial charge on any atom is 0.0446 e. The smallest absolute Gasteiger partial charge is 0.0446 e. The third-order valence-corrected chi connectivity index (χ3v) is 5.27. The second-order valence-corrected chi connectivity index (χ2v) is 6.69. The zero-order chi connectivity index (χ0) is 14.1. The summed E-state index contributed by atoms with van der Waals surface area (Å²) in [6.45, 7) is 3.50. The predicted molar refractivity (Wildman–Crippen MR) is 90.0 cm³/mol. The molecule has 1 aliphatic heterocycles. The summed E-state index contributed by atoms with van der Waals surface area (Å²) in [5, 5.41) is 6.62. The molecule has 1 saturated carbocycles. The molecule has 2 aromatic carbocycles. The number of hydrogen-bond donors (Lipinski definition) is 1. The van der Waals surface area contributed by atoms with Crippen molar-refractivity contribution >= 4 is 16.5 Å². The van der Waals surface area contributed by atoms with Crippen LogP contribution in [0.5, 0.6) is 0 Å². The first-order chi connectivity index (χ1) is 10.4. The average Bonchev–Trinajstić information content (AvgIpc) is 2.87. The Morgan fingerprint density at radius 3 is 2.62 bits per heavy atom. The Bertz CT molecular complexity index is 623. The summed E-state index contributed by atoms with van der Waals surface area (Å²) < 4.78 is 0. The Balaban J connectivity index is 1.73. The molecule has 1 saturated heterocycles. The minimum Gasteiger partial charge on any atom is -0.369 e. The lowest BCUT2D eigenvalue weighted by Gasteiger charge is -2.35. The lowest BCUT2D eigenvalue weighted by Crippen LogP contribution is -2.49. The zero-order valence-corrected chi connectivity index (χ0v) is 12.6. The molecule has 1 aliphatic carbocycles. The average molecular weight is 280 g/mol. The van der Waals surface area contributed by atoms with Crippen molar-refractivity contribution in [2.24, 2.45) is 0 Å². The van der Waals surface area contributed by atoms with Crippen LogP contribution in [-0.2, 0) is 0 Å². The second-order valence-electron chi connectivity index (χ2n) is 6.69. The van der Waals surface area contributed by atoms with E-state index in [1.165, 1.54) is 68.2 Å². The van der Waals surface area contributed by atoms with E-state index < -0.39 is 0 Å². The summed E-state index contributed by atoms with van der Waals surface area (Å²) in [5.74, 6) is 0. The maximum absolute atomic E-state index is 3.86. The van der Waals surface area contributed by atoms with Gasteiger partial charge in [-0.3, -0.25) is 0 Å². The van der Waals surface area contributed by atoms with Crippen molar-refractivity contribution in [1.82, 2.24) is 5.32 Å². The van der Waals surface area contributed by atoms with E-state index in [4.69, 9.17) is 0 Å². The summed E-state index contributed by atoms with van der Waals surface area (Å²) in [6.07, 6.45) is 6.69. The van der Waals surface area contributed by atoms with Gasteiger partial charge in [-0.15, -0.1) is 0 Å². The van der Waals surface area contributed by atoms with Gasteiger partial charge in [0, 0.05) is 29.7 Å². The first-order valence-electron chi connectivity index (χ1n) is 8.34. The topological polar surface area (TPSA) is 15.3 Å². The minimum absolute atomic E-state index is 0.368. The largest absolute Gasteiger partial charge is 0.369 e. The van der Waals surface area contributed by atoms with E-state index >= 15 is 0 Å². The van der Waals surface area contributed by atoms with E-state index in [1.807, 2.05) is 0 Å². The van der Waals surface area contributed by atoms with Crippen LogP contribution < -0.4 is 10.2 Å². The lowest BCUT2D eigenvalue weighted by molar-refractivity contribution is 0.355. The van der Waals surface area contributed by atoms with E-state index in [1.54, 1.807) is 0 Å². The molecule has 21 heavy (non-hydrogen) atoms. The molecular weight excluding hydrogens is 256 g/mol. The molecule has 1 N–H and O–H groups in total. The van der Waals surface area contributed by atoms with Crippen molar-refractivity contribution < 1.29 is 0 Å². The van der Waals surface area contributed by atoms with Crippen LogP contribution in [0, 0.1) is 0 Å². The van der Waals surface area contributed by atoms with E-state index in [-0.39, 0.29) is 0 Å². The molecule has 2 fully saturated rings. The highest BCUT2D eigenvalue weighted by Gasteiger charge is 2.36. The number of nitrogens with zero attached hydrogens (tertiary/aromatic N) is 1. The normalized spacial score (nSPS) is 21.8. The van der Waals surface area contributed by atoms with Crippen molar-refractivity contribution in [3.8, 4) is 0 Å². The first kappa shape index (κ1) is 13.1. The van der Waals surface area contributed by atoms with Crippen LogP contribution in [0.1, 0.15) is 32.1 Å². The number of anilines is 1. The highest BCUT2D eigenvalue weighted by atomic mass is 15.2. The Kier molecular flexibility index (Phi) is 3.34. The lowest BCUT2D eigenvalue weighted by atomic mass is 9.96. The van der Waals surface area contributed by atoms with Gasteiger partial charge in [-0.25, -0.2) is 0 Å². The van der Waals surface area contributed by atoms with E-state index in [9.17, 15) is 0 Å². The van der Waals surface area contributed by atoms with Crippen molar-refractivity contribution in [3.05, 3.63) is 42.5 Å². The second kappa shape index (κ2) is 5.34. The summed E-state index contributed by atoms with van der Waals surface area (Å²) in [5.41, 5.74) is 1.79. The fraction of sp³-hybridized carbons (Fsp3) is 0.474. The quantitative estimate of drug-likeness (QED) is 0.851. The fourth-order valence-corrected chi connectivity index (χ4v) is 4.20. The van der Waals surface area contributed by atoms with Gasteiger partial charge >= 0.3 is 0 Å². The standard InChI is InChI=1S/C19H24N2/c1-2-9-17-16(7-1)8-5-10-18(17)21-14-6-13-20-19(15-21)11-3-4-12-19/h1-2,5,7-10,20H,3-4,6,11-15H2. The number of rotatable bonds is 1. The molecule has 0 radical (unpaired) electrons. The van der Waals surface area contributed by atoms with Crippen molar-refractivity contribution in [2.75, 3.05) is 24.5 Å². The Hall–Kier alpha value is -1.54. The van der Waals surface area contributed by atoms with Gasteiger partial charge in [0.15, 0.2) is 0 Å². The number of hydrogen-bond acceptors (Lipinski definition) is 2. The number of nitrogens with one attached hydrogen (secondary N) is 1. The molecular formula is C19H24N2. The van der Waals surface area contributed by atoms with Gasteiger partial charge in [0.05, 0.1) is 0 Å². The molecule has 110 valence electrons. The highest BCUT2D eigenvalue weighted by Crippen LogP contribution is 2.35. The Morgan fingerprint density at radius 1 is 0.905 bits per heavy atom. The van der Waals surface area contributed by atoms with Gasteiger partial charge in [-0.05, 0) is 37.3 Å². The Labute approximate surface area is 127 Å². The zero-order valence-electron chi connectivity index (χ0n) is 12.6. The fourth-order valence-electron chi connectivity index (χ4n) is 4.20. The van der Waals surface area contributed by atoms with Gasteiger partial charge in [0.25, 0.3) is 0 Å². The van der Waals surface area contributed by atoms with Crippen LogP contribution in [0.2, 0.25) is 0 Å². The molecule has 1 spiro atoms. The highest BCUT2D eigenvalue weighted by molar-refractivity contribution is 5.94. The van der Waals surface area contributed by atoms with Crippen LogP contribution in [-0.4, -0.2) is 25.2 Å². The van der Waals surface area contributed by atoms with Gasteiger partial charge in [0.2, 0.25) is 0 Å². The van der Waals surface area contributed by atoms with Gasteiger partial charge in [0.1, 0.15) is 0 Å². The molecule has 0 atom stereocenters. The molecule has 0 aromatic heterocycles. The summed E-state index contributed by atoms with van der Waals surface area (Å²) >= 11 is 0. The molecule has 1 heterocycles. The van der Waals surface area contributed by atoms with Crippen LogP contribution >= 0.6 is 0 Å². The van der Waals surface area contributed by atoms with Crippen LogP contribution in [0.25, 0.3) is 10.8 Å². The van der Waals surface area contributed by atoms with Crippen LogP contribution in [0.4, 0.5) is 5.69 Å². The third kappa shape index (κ3) is 2.42. The van der Waals surface area contributed by atoms with Gasteiger partial charge < -0.3 is 10.2 Å². The molecule has 4 rings (SSSR count). The summed E-state index contributed by atoms with van der Waals surface area (Å²) in [7, 11) is 0. The maximum atomic E-state index is 3.86. The summed E-state index contributed by atoms with van der Waals surface area (Å²) in [6, 6.07) is 15.5. The van der Waals surface area contributed by atoms with E-state index in [0.29, 0.717) is 5.54 Å². The molecule has 2 aliphatic rings. The van der Waals surface area contributed by atoms with Crippen LogP contribution in [0.15, 0.2) is 42.5 Å². The molecule has 0 unspecified atom stereocenters. The van der Waals surface area contributed by atoms with Crippen LogP contribution in [0.3, 0.4) is 0 Å².